The average molecular weight is 292 g/mol. The lowest BCUT2D eigenvalue weighted by molar-refractivity contribution is 0.0957. The number of amides is 1. The molecule has 0 spiro atoms. The van der Waals surface area contributed by atoms with Gasteiger partial charge in [-0.15, -0.1) is 11.3 Å². The zero-order chi connectivity index (χ0) is 14.7. The minimum Gasteiger partial charge on any atom is -0.497 e. The summed E-state index contributed by atoms with van der Waals surface area (Å²) in [6.07, 6.45) is 0.963. The monoisotopic (exact) mass is 292 g/mol. The predicted molar refractivity (Wildman–Crippen MR) is 84.6 cm³/mol. The molecule has 2 aromatic rings. The molecule has 1 amide bonds. The summed E-state index contributed by atoms with van der Waals surface area (Å²) >= 11 is 1.40. The molecule has 0 fully saturated rings. The van der Waals surface area contributed by atoms with Crippen molar-refractivity contribution in [1.29, 1.82) is 0 Å². The number of methoxy groups -OCH3 is 1. The first-order valence-electron chi connectivity index (χ1n) is 6.67. The van der Waals surface area contributed by atoms with E-state index in [1.54, 1.807) is 7.11 Å². The summed E-state index contributed by atoms with van der Waals surface area (Å²) in [5.41, 5.74) is 6.62. The Morgan fingerprint density at radius 3 is 2.85 bits per heavy atom. The number of hydrogen-bond donors (Lipinski definition) is 2. The first-order chi connectivity index (χ1) is 9.52. The number of carbonyl (C=O) groups is 1. The van der Waals surface area contributed by atoms with Crippen LogP contribution in [0.15, 0.2) is 18.2 Å². The molecule has 1 heterocycles. The Labute approximate surface area is 122 Å². The van der Waals surface area contributed by atoms with E-state index >= 15 is 0 Å². The van der Waals surface area contributed by atoms with Gasteiger partial charge in [0.25, 0.3) is 5.91 Å². The van der Waals surface area contributed by atoms with Crippen LogP contribution in [0.1, 0.15) is 29.9 Å². The van der Waals surface area contributed by atoms with Crippen molar-refractivity contribution in [3.8, 4) is 5.75 Å². The fraction of sp³-hybridized carbons (Fsp3) is 0.400. The zero-order valence-electron chi connectivity index (χ0n) is 12.0. The van der Waals surface area contributed by atoms with Crippen molar-refractivity contribution in [2.45, 2.75) is 20.3 Å². The highest BCUT2D eigenvalue weighted by Crippen LogP contribution is 2.35. The molecule has 0 aliphatic rings. The van der Waals surface area contributed by atoms with Gasteiger partial charge < -0.3 is 15.8 Å². The molecule has 0 unspecified atom stereocenters. The third-order valence-corrected chi connectivity index (χ3v) is 4.32. The van der Waals surface area contributed by atoms with E-state index in [0.29, 0.717) is 23.0 Å². The molecule has 0 saturated carbocycles. The van der Waals surface area contributed by atoms with Gasteiger partial charge in [0, 0.05) is 16.6 Å². The van der Waals surface area contributed by atoms with Gasteiger partial charge >= 0.3 is 0 Å². The van der Waals surface area contributed by atoms with Crippen molar-refractivity contribution in [3.63, 3.8) is 0 Å². The summed E-state index contributed by atoms with van der Waals surface area (Å²) in [4.78, 5) is 12.7. The van der Waals surface area contributed by atoms with Crippen molar-refractivity contribution < 1.29 is 9.53 Å². The maximum absolute atomic E-state index is 12.2. The molecule has 0 bridgehead atoms. The highest BCUT2D eigenvalue weighted by Gasteiger charge is 2.16. The quantitative estimate of drug-likeness (QED) is 0.889. The van der Waals surface area contributed by atoms with E-state index in [1.165, 1.54) is 11.3 Å². The lowest BCUT2D eigenvalue weighted by Gasteiger charge is -2.06. The predicted octanol–water partition coefficient (Wildman–Crippen LogP) is 3.27. The van der Waals surface area contributed by atoms with Crippen LogP contribution in [0, 0.1) is 5.92 Å². The second-order valence-corrected chi connectivity index (χ2v) is 6.20. The van der Waals surface area contributed by atoms with Gasteiger partial charge in [-0.25, -0.2) is 0 Å². The summed E-state index contributed by atoms with van der Waals surface area (Å²) < 4.78 is 6.16. The third kappa shape index (κ3) is 3.04. The molecular formula is C15H20N2O2S. The first-order valence-corrected chi connectivity index (χ1v) is 7.48. The number of hydrogen-bond acceptors (Lipinski definition) is 4. The molecule has 0 atom stereocenters. The standard InChI is InChI=1S/C15H20N2O2S/c1-9(2)6-7-17-15(18)14-13(16)11-5-4-10(19-3)8-12(11)20-14/h4-5,8-9H,6-7,16H2,1-3H3,(H,17,18). The highest BCUT2D eigenvalue weighted by atomic mass is 32.1. The Hall–Kier alpha value is -1.75. The normalized spacial score (nSPS) is 11.0. The summed E-state index contributed by atoms with van der Waals surface area (Å²) in [7, 11) is 1.62. The number of thiophene rings is 1. The number of fused-ring (bicyclic) bond motifs is 1. The molecule has 1 aromatic carbocycles. The van der Waals surface area contributed by atoms with E-state index in [9.17, 15) is 4.79 Å². The topological polar surface area (TPSA) is 64.3 Å². The van der Waals surface area contributed by atoms with Crippen LogP contribution in [-0.2, 0) is 0 Å². The third-order valence-electron chi connectivity index (χ3n) is 3.15. The Kier molecular flexibility index (Phi) is 4.49. The Bertz CT molecular complexity index is 620. The zero-order valence-corrected chi connectivity index (χ0v) is 12.8. The van der Waals surface area contributed by atoms with Crippen LogP contribution >= 0.6 is 11.3 Å². The summed E-state index contributed by atoms with van der Waals surface area (Å²) in [5.74, 6) is 1.24. The maximum atomic E-state index is 12.2. The molecule has 0 radical (unpaired) electrons. The van der Waals surface area contributed by atoms with Gasteiger partial charge in [0.15, 0.2) is 0 Å². The number of ether oxygens (including phenoxy) is 1. The number of nitrogen functional groups attached to an aromatic ring is 1. The molecule has 3 N–H and O–H groups in total. The van der Waals surface area contributed by atoms with E-state index in [1.807, 2.05) is 18.2 Å². The molecule has 2 rings (SSSR count). The number of nitrogens with two attached hydrogens (primary N) is 1. The number of carbonyl (C=O) groups excluding carboxylic acids is 1. The van der Waals surface area contributed by atoms with E-state index < -0.39 is 0 Å². The number of rotatable bonds is 5. The first kappa shape index (κ1) is 14.7. The van der Waals surface area contributed by atoms with Gasteiger partial charge in [-0.1, -0.05) is 13.8 Å². The van der Waals surface area contributed by atoms with Crippen molar-refractivity contribution in [3.05, 3.63) is 23.1 Å². The summed E-state index contributed by atoms with van der Waals surface area (Å²) in [6.45, 7) is 4.94. The van der Waals surface area contributed by atoms with Gasteiger partial charge in [-0.3, -0.25) is 4.79 Å². The highest BCUT2D eigenvalue weighted by molar-refractivity contribution is 7.21. The fourth-order valence-electron chi connectivity index (χ4n) is 1.95. The smallest absolute Gasteiger partial charge is 0.263 e. The van der Waals surface area contributed by atoms with Crippen molar-refractivity contribution >= 4 is 33.0 Å². The van der Waals surface area contributed by atoms with Crippen LogP contribution in [0.4, 0.5) is 5.69 Å². The van der Waals surface area contributed by atoms with Crippen LogP contribution in [-0.4, -0.2) is 19.6 Å². The Morgan fingerprint density at radius 1 is 1.45 bits per heavy atom. The molecule has 0 aliphatic heterocycles. The van der Waals surface area contributed by atoms with E-state index in [4.69, 9.17) is 10.5 Å². The molecule has 1 aromatic heterocycles. The Morgan fingerprint density at radius 2 is 2.20 bits per heavy atom. The number of anilines is 1. The molecule has 0 saturated heterocycles. The van der Waals surface area contributed by atoms with Gasteiger partial charge in [0.1, 0.15) is 10.6 Å². The molecule has 4 nitrogen and oxygen atoms in total. The second kappa shape index (κ2) is 6.13. The SMILES string of the molecule is COc1ccc2c(N)c(C(=O)NCCC(C)C)sc2c1. The maximum Gasteiger partial charge on any atom is 0.263 e. The van der Waals surface area contributed by atoms with Gasteiger partial charge in [0.2, 0.25) is 0 Å². The number of benzene rings is 1. The van der Waals surface area contributed by atoms with Gasteiger partial charge in [-0.05, 0) is 30.5 Å². The van der Waals surface area contributed by atoms with Crippen molar-refractivity contribution in [1.82, 2.24) is 5.32 Å². The molecule has 20 heavy (non-hydrogen) atoms. The van der Waals surface area contributed by atoms with Crippen LogP contribution in [0.2, 0.25) is 0 Å². The summed E-state index contributed by atoms with van der Waals surface area (Å²) in [5, 5.41) is 3.83. The molecular weight excluding hydrogens is 272 g/mol. The van der Waals surface area contributed by atoms with Crippen LogP contribution in [0.25, 0.3) is 10.1 Å². The van der Waals surface area contributed by atoms with Crippen LogP contribution in [0.5, 0.6) is 5.75 Å². The van der Waals surface area contributed by atoms with Crippen LogP contribution < -0.4 is 15.8 Å². The summed E-state index contributed by atoms with van der Waals surface area (Å²) in [6, 6.07) is 5.65. The lowest BCUT2D eigenvalue weighted by Crippen LogP contribution is -2.25. The van der Waals surface area contributed by atoms with Gasteiger partial charge in [0.05, 0.1) is 12.8 Å². The van der Waals surface area contributed by atoms with E-state index in [2.05, 4.69) is 19.2 Å². The van der Waals surface area contributed by atoms with Crippen molar-refractivity contribution in [2.75, 3.05) is 19.4 Å². The lowest BCUT2D eigenvalue weighted by atomic mass is 10.1. The number of nitrogens with one attached hydrogen (secondary N) is 1. The fourth-order valence-corrected chi connectivity index (χ4v) is 3.01. The van der Waals surface area contributed by atoms with Crippen molar-refractivity contribution in [2.24, 2.45) is 5.92 Å². The van der Waals surface area contributed by atoms with Crippen LogP contribution in [0.3, 0.4) is 0 Å². The van der Waals surface area contributed by atoms with Gasteiger partial charge in [-0.2, -0.15) is 0 Å². The molecule has 5 heteroatoms. The molecule has 0 aliphatic carbocycles. The van der Waals surface area contributed by atoms with E-state index in [-0.39, 0.29) is 5.91 Å². The largest absolute Gasteiger partial charge is 0.497 e. The van der Waals surface area contributed by atoms with E-state index in [0.717, 1.165) is 22.3 Å². The minimum atomic E-state index is -0.0942. The second-order valence-electron chi connectivity index (χ2n) is 5.15. The minimum absolute atomic E-state index is 0.0942. The molecule has 108 valence electrons. The average Bonchev–Trinajstić information content (AvgIpc) is 2.75. The Balaban J connectivity index is 2.21.